The number of hydrogen-bond acceptors (Lipinski definition) is 17. The van der Waals surface area contributed by atoms with Crippen LogP contribution >= 0.6 is 69.6 Å². The Morgan fingerprint density at radius 1 is 0.561 bits per heavy atom. The highest BCUT2D eigenvalue weighted by molar-refractivity contribution is 6.43. The molecule has 12 rings (SSSR count). The van der Waals surface area contributed by atoms with Crippen LogP contribution in [0.2, 0.25) is 30.1 Å². The second kappa shape index (κ2) is 31.8. The molecule has 3 fully saturated rings. The van der Waals surface area contributed by atoms with E-state index in [-0.39, 0.29) is 80.5 Å². The Kier molecular flexibility index (Phi) is 23.6. The first-order chi connectivity index (χ1) is 46.7. The lowest BCUT2D eigenvalue weighted by molar-refractivity contribution is -0.385. The molecule has 3 aliphatic heterocycles. The Hall–Kier alpha value is -9.55. The maximum atomic E-state index is 14.6. The molecule has 1 amide bonds. The van der Waals surface area contributed by atoms with Crippen LogP contribution in [-0.4, -0.2) is 91.5 Å². The summed E-state index contributed by atoms with van der Waals surface area (Å²) in [7, 11) is 0. The van der Waals surface area contributed by atoms with Crippen LogP contribution in [0.15, 0.2) is 117 Å². The molecule has 7 N–H and O–H groups in total. The molecule has 3 atom stereocenters. The highest BCUT2D eigenvalue weighted by Gasteiger charge is 2.30. The topological polar surface area (TPSA) is 277 Å². The average Bonchev–Trinajstić information content (AvgIpc) is 1.02. The number of rotatable bonds is 10. The van der Waals surface area contributed by atoms with E-state index < -0.39 is 34.3 Å². The van der Waals surface area contributed by atoms with Gasteiger partial charge in [0, 0.05) is 59.4 Å². The number of nitrogens with two attached hydrogens (primary N) is 1. The van der Waals surface area contributed by atoms with Crippen LogP contribution in [-0.2, 0) is 23.8 Å². The van der Waals surface area contributed by atoms with E-state index in [0.29, 0.717) is 106 Å². The fourth-order valence-corrected chi connectivity index (χ4v) is 10.5. The molecule has 6 aromatic carbocycles. The van der Waals surface area contributed by atoms with Crippen molar-refractivity contribution in [2.45, 2.75) is 40.0 Å². The van der Waals surface area contributed by atoms with Gasteiger partial charge in [-0.15, -0.1) is 0 Å². The number of nitrogen functional groups attached to an aromatic ring is 1. The van der Waals surface area contributed by atoms with E-state index in [4.69, 9.17) is 94.7 Å². The maximum Gasteiger partial charge on any atom is 0.327 e. The van der Waals surface area contributed by atoms with Crippen molar-refractivity contribution < 1.29 is 47.0 Å². The van der Waals surface area contributed by atoms with E-state index in [1.54, 1.807) is 24.3 Å². The van der Waals surface area contributed by atoms with Gasteiger partial charge in [0.25, 0.3) is 5.69 Å². The lowest BCUT2D eigenvalue weighted by Crippen LogP contribution is -2.13. The van der Waals surface area contributed by atoms with Crippen molar-refractivity contribution >= 4 is 166 Å². The van der Waals surface area contributed by atoms with Gasteiger partial charge in [-0.3, -0.25) is 14.9 Å². The Morgan fingerprint density at radius 3 is 1.29 bits per heavy atom. The zero-order chi connectivity index (χ0) is 70.6. The highest BCUT2D eigenvalue weighted by atomic mass is 35.5. The van der Waals surface area contributed by atoms with Crippen LogP contribution < -0.4 is 27.0 Å². The van der Waals surface area contributed by atoms with Crippen LogP contribution in [0, 0.1) is 79.3 Å². The predicted molar refractivity (Wildman–Crippen MR) is 377 cm³/mol. The minimum Gasteiger partial charge on any atom is -0.478 e. The van der Waals surface area contributed by atoms with Crippen molar-refractivity contribution in [1.29, 1.82) is 0 Å². The zero-order valence-electron chi connectivity index (χ0n) is 52.0. The lowest BCUT2D eigenvalue weighted by atomic mass is 9.90. The number of carbonyl (C=O) groups excluding carboxylic acids is 1. The van der Waals surface area contributed by atoms with Crippen molar-refractivity contribution in [3.8, 4) is 35.5 Å². The minimum absolute atomic E-state index is 0.0232. The normalized spacial score (nSPS) is 17.3. The summed E-state index contributed by atoms with van der Waals surface area (Å²) in [6.45, 7) is 16.1. The van der Waals surface area contributed by atoms with Crippen molar-refractivity contribution in [2.24, 2.45) is 16.2 Å². The van der Waals surface area contributed by atoms with Gasteiger partial charge < -0.3 is 46.3 Å². The monoisotopic (exact) mass is 1450 g/mol. The van der Waals surface area contributed by atoms with Crippen LogP contribution in [0.3, 0.4) is 0 Å². The first-order valence-corrected chi connectivity index (χ1v) is 31.6. The number of fused-ring (bicyclic) bond motifs is 3. The van der Waals surface area contributed by atoms with E-state index in [9.17, 15) is 32.9 Å². The molecule has 3 saturated heterocycles. The number of nitro groups is 1. The summed E-state index contributed by atoms with van der Waals surface area (Å²) in [5.41, 5.74) is 9.53. The molecule has 9 aromatic rings. The molecule has 3 aliphatic rings. The molecular formula is C69H55Cl6F3N12O8. The second-order valence-electron chi connectivity index (χ2n) is 22.8. The number of amides is 1. The van der Waals surface area contributed by atoms with Gasteiger partial charge in [-0.2, -0.15) is 0 Å². The molecule has 0 aliphatic carbocycles. The molecule has 3 unspecified atom stereocenters. The van der Waals surface area contributed by atoms with E-state index >= 15 is 0 Å². The van der Waals surface area contributed by atoms with Crippen LogP contribution in [0.4, 0.5) is 64.7 Å². The van der Waals surface area contributed by atoms with Crippen LogP contribution in [0.1, 0.15) is 56.7 Å². The van der Waals surface area contributed by atoms with Gasteiger partial charge >= 0.3 is 5.97 Å². The summed E-state index contributed by atoms with van der Waals surface area (Å²) < 4.78 is 59.7. The first kappa shape index (κ1) is 72.7. The number of nitro benzene ring substituents is 1. The summed E-state index contributed by atoms with van der Waals surface area (Å²) in [5.74, 6) is 16.2. The number of aliphatic carboxylic acids is 1. The van der Waals surface area contributed by atoms with Gasteiger partial charge in [0.2, 0.25) is 5.91 Å². The first-order valence-electron chi connectivity index (χ1n) is 29.3. The highest BCUT2D eigenvalue weighted by Crippen LogP contribution is 2.39. The molecule has 0 saturated carbocycles. The fraction of sp³-hybridized carbons (Fsp3) is 0.217. The number of carbonyl (C=O) groups is 2. The maximum absolute atomic E-state index is 14.6. The molecular weight excluding hydrogens is 1390 g/mol. The SMILES string of the molecule is C=CC(=O)Nc1cc2c(Nc3ccc(Cl)c(Cl)c3F)ncnc2cc1C#CC1(C)CCOC1.C=CC(=O)O.CC1(C#Cc2cc3ncnc(Nc4ccc(Cl)c(Cl)c4F)c3cc2N)CCOC1.CC1(C#Cc2cc3ncnc(Nc4ccc(Cl)c(Cl)c4F)c3cc2[N+](=O)[O-])CCOC1. The summed E-state index contributed by atoms with van der Waals surface area (Å²) in [6, 6.07) is 18.6. The zero-order valence-corrected chi connectivity index (χ0v) is 56.5. The van der Waals surface area contributed by atoms with Gasteiger partial charge in [0.15, 0.2) is 17.5 Å². The third-order valence-corrected chi connectivity index (χ3v) is 17.5. The second-order valence-corrected chi connectivity index (χ2v) is 25.2. The number of benzene rings is 6. The molecule has 6 heterocycles. The number of nitrogens with zero attached hydrogens (tertiary/aromatic N) is 7. The van der Waals surface area contributed by atoms with Crippen molar-refractivity contribution in [1.82, 2.24) is 29.9 Å². The molecule has 3 aromatic heterocycles. The number of aromatic nitrogens is 6. The van der Waals surface area contributed by atoms with Gasteiger partial charge in [-0.1, -0.05) is 118 Å². The largest absolute Gasteiger partial charge is 0.478 e. The van der Waals surface area contributed by atoms with Crippen molar-refractivity contribution in [3.05, 3.63) is 191 Å². The standard InChI is InChI=1S/C24H19Cl2FN4O2.C21H15Cl2FN4O3.C21H17Cl2FN4O.C3H4O2/c1-3-20(32)30-18-11-15-19(10-14(18)6-7-24(2)8-9-33-12-24)28-13-29-23(15)31-17-5-4-16(25)21(26)22(17)27;1-21(6-7-31-10-21)5-4-12-8-16-13(9-17(12)28(29)30)20(26-11-25-16)27-15-3-2-14(22)18(23)19(15)24;1-21(6-7-29-10-21)5-4-12-8-17-13(9-15(12)25)20(27-11-26-17)28-16-3-2-14(22)18(23)19(16)24;1-2-3(4)5/h3-5,10-11,13H,1,8-9,12H2,2H3,(H,30,32)(H,28,29,31);2-3,8-9,11H,6-7,10H2,1H3,(H,25,26,27);2-3,8-9,11H,6-7,10,25H2,1H3,(H,26,27,28);2H,1H2,(H,4,5). The molecule has 0 bridgehead atoms. The fourth-order valence-electron chi connectivity index (χ4n) is 9.56. The quantitative estimate of drug-likeness (QED) is 0.0185. The van der Waals surface area contributed by atoms with Crippen molar-refractivity contribution in [3.63, 3.8) is 0 Å². The molecule has 20 nitrogen and oxygen atoms in total. The Balaban J connectivity index is 0.000000166. The Bertz CT molecular complexity index is 4870. The Labute approximate surface area is 589 Å². The molecule has 502 valence electrons. The summed E-state index contributed by atoms with van der Waals surface area (Å²) in [6.07, 6.45) is 8.48. The molecule has 0 spiro atoms. The van der Waals surface area contributed by atoms with Gasteiger partial charge in [0.1, 0.15) is 42.0 Å². The minimum atomic E-state index is -0.981. The summed E-state index contributed by atoms with van der Waals surface area (Å²) in [4.78, 5) is 57.9. The smallest absolute Gasteiger partial charge is 0.327 e. The van der Waals surface area contributed by atoms with Gasteiger partial charge in [-0.25, -0.2) is 47.9 Å². The van der Waals surface area contributed by atoms with Crippen LogP contribution in [0.25, 0.3) is 32.7 Å². The van der Waals surface area contributed by atoms with E-state index in [0.717, 1.165) is 25.3 Å². The summed E-state index contributed by atoms with van der Waals surface area (Å²) in [5, 5.41) is 32.0. The number of halogens is 9. The number of anilines is 8. The number of ether oxygens (including phenoxy) is 3. The van der Waals surface area contributed by atoms with E-state index in [1.807, 2.05) is 13.8 Å². The number of hydrogen-bond donors (Lipinski definition) is 6. The lowest BCUT2D eigenvalue weighted by Gasteiger charge is -2.14. The van der Waals surface area contributed by atoms with E-state index in [2.05, 4.69) is 107 Å². The average molecular weight is 1450 g/mol. The van der Waals surface area contributed by atoms with Gasteiger partial charge in [-0.05, 0) is 113 Å². The number of carboxylic acids is 1. The van der Waals surface area contributed by atoms with Gasteiger partial charge in [0.05, 0.1) is 116 Å². The number of carboxylic acid groups (broad SMARTS) is 1. The van der Waals surface area contributed by atoms with Crippen LogP contribution in [0.5, 0.6) is 0 Å². The van der Waals surface area contributed by atoms with E-state index in [1.165, 1.54) is 73.6 Å². The molecule has 0 radical (unpaired) electrons. The number of nitrogens with one attached hydrogen (secondary N) is 4. The Morgan fingerprint density at radius 2 is 0.918 bits per heavy atom. The third kappa shape index (κ3) is 17.8. The third-order valence-electron chi connectivity index (χ3n) is 15.2. The predicted octanol–water partition coefficient (Wildman–Crippen LogP) is 16.7. The summed E-state index contributed by atoms with van der Waals surface area (Å²) >= 11 is 35.2. The van der Waals surface area contributed by atoms with Crippen molar-refractivity contribution in [2.75, 3.05) is 66.6 Å². The molecule has 98 heavy (non-hydrogen) atoms. The molecule has 29 heteroatoms.